The summed E-state index contributed by atoms with van der Waals surface area (Å²) in [4.78, 5) is 2.35. The third-order valence-electron chi connectivity index (χ3n) is 4.62. The van der Waals surface area contributed by atoms with E-state index >= 15 is 0 Å². The van der Waals surface area contributed by atoms with Crippen LogP contribution in [0.3, 0.4) is 0 Å². The molecule has 4 nitrogen and oxygen atoms in total. The lowest BCUT2D eigenvalue weighted by Crippen LogP contribution is -2.31. The molecule has 0 spiro atoms. The van der Waals surface area contributed by atoms with Crippen LogP contribution in [-0.4, -0.2) is 25.1 Å². The molecular formula is C19H21N3O. The van der Waals surface area contributed by atoms with Crippen LogP contribution in [0.5, 0.6) is 5.75 Å². The maximum Gasteiger partial charge on any atom is 0.126 e. The van der Waals surface area contributed by atoms with Crippen molar-refractivity contribution in [1.29, 1.82) is 5.26 Å². The number of nitrogens with two attached hydrogens (primary N) is 1. The molecule has 4 heteroatoms. The first-order valence-corrected chi connectivity index (χ1v) is 7.89. The number of ether oxygens (including phenoxy) is 1. The molecule has 2 aromatic carbocycles. The van der Waals surface area contributed by atoms with E-state index in [4.69, 9.17) is 10.5 Å². The van der Waals surface area contributed by atoms with Gasteiger partial charge in [0.15, 0.2) is 0 Å². The van der Waals surface area contributed by atoms with Crippen molar-refractivity contribution in [2.24, 2.45) is 0 Å². The number of fused-ring (bicyclic) bond motifs is 1. The normalized spacial score (nSPS) is 14.1. The summed E-state index contributed by atoms with van der Waals surface area (Å²) in [6.07, 6.45) is 0.937. The second-order valence-electron chi connectivity index (χ2n) is 5.77. The monoisotopic (exact) mass is 307 g/mol. The van der Waals surface area contributed by atoms with Crippen molar-refractivity contribution in [3.05, 3.63) is 47.0 Å². The van der Waals surface area contributed by atoms with Crippen LogP contribution >= 0.6 is 0 Å². The fourth-order valence-electron chi connectivity index (χ4n) is 3.31. The molecular weight excluding hydrogens is 286 g/mol. The van der Waals surface area contributed by atoms with Gasteiger partial charge in [0.05, 0.1) is 18.4 Å². The Bertz CT molecular complexity index is 777. The maximum atomic E-state index is 9.47. The van der Waals surface area contributed by atoms with Crippen molar-refractivity contribution in [3.63, 3.8) is 0 Å². The second kappa shape index (κ2) is 6.31. The van der Waals surface area contributed by atoms with Crippen LogP contribution in [0.4, 0.5) is 5.69 Å². The van der Waals surface area contributed by atoms with Crippen molar-refractivity contribution in [2.75, 3.05) is 25.9 Å². The Morgan fingerprint density at radius 1 is 1.26 bits per heavy atom. The first kappa shape index (κ1) is 15.4. The molecule has 0 fully saturated rings. The molecule has 2 aromatic rings. The van der Waals surface area contributed by atoms with Gasteiger partial charge in [0.2, 0.25) is 0 Å². The van der Waals surface area contributed by atoms with Gasteiger partial charge in [0, 0.05) is 18.7 Å². The van der Waals surface area contributed by atoms with E-state index in [1.54, 1.807) is 7.11 Å². The fourth-order valence-corrected chi connectivity index (χ4v) is 3.31. The molecule has 1 aliphatic heterocycles. The number of hydrogen-bond donors (Lipinski definition) is 1. The number of nitriles is 1. The van der Waals surface area contributed by atoms with Crippen molar-refractivity contribution in [2.45, 2.75) is 19.9 Å². The molecule has 0 bridgehead atoms. The van der Waals surface area contributed by atoms with Crippen LogP contribution in [0.15, 0.2) is 30.3 Å². The van der Waals surface area contributed by atoms with Crippen LogP contribution in [0.1, 0.15) is 23.6 Å². The van der Waals surface area contributed by atoms with Crippen LogP contribution < -0.4 is 10.5 Å². The van der Waals surface area contributed by atoms with Crippen LogP contribution in [-0.2, 0) is 13.0 Å². The summed E-state index contributed by atoms with van der Waals surface area (Å²) in [5, 5.41) is 9.47. The molecule has 1 heterocycles. The van der Waals surface area contributed by atoms with Gasteiger partial charge in [-0.1, -0.05) is 25.1 Å². The number of likely N-dealkylation sites (N-methyl/N-ethyl adjacent to an activating group) is 1. The highest BCUT2D eigenvalue weighted by Crippen LogP contribution is 2.39. The Labute approximate surface area is 137 Å². The van der Waals surface area contributed by atoms with Crippen molar-refractivity contribution in [3.8, 4) is 22.9 Å². The SMILES string of the molecule is CCN1CCc2c(-c3ccccc3OC)cc(C#N)c(N)c2C1. The molecule has 2 N–H and O–H groups in total. The molecule has 0 saturated carbocycles. The molecule has 0 atom stereocenters. The summed E-state index contributed by atoms with van der Waals surface area (Å²) >= 11 is 0. The number of nitrogen functional groups attached to an aromatic ring is 1. The summed E-state index contributed by atoms with van der Waals surface area (Å²) in [7, 11) is 1.67. The first-order valence-electron chi connectivity index (χ1n) is 7.89. The largest absolute Gasteiger partial charge is 0.496 e. The molecule has 0 aromatic heterocycles. The Morgan fingerprint density at radius 3 is 2.74 bits per heavy atom. The average molecular weight is 307 g/mol. The highest BCUT2D eigenvalue weighted by Gasteiger charge is 2.24. The van der Waals surface area contributed by atoms with Crippen LogP contribution in [0.2, 0.25) is 0 Å². The lowest BCUT2D eigenvalue weighted by Gasteiger charge is -2.31. The zero-order valence-electron chi connectivity index (χ0n) is 13.6. The Morgan fingerprint density at radius 2 is 2.04 bits per heavy atom. The summed E-state index contributed by atoms with van der Waals surface area (Å²) in [5.74, 6) is 0.821. The standard InChI is InChI=1S/C19H21N3O/c1-3-22-9-8-14-16(15-6-4-5-7-18(15)23-2)10-13(11-20)19(21)17(14)12-22/h4-7,10H,3,8-9,12,21H2,1-2H3. The molecule has 0 unspecified atom stereocenters. The van der Waals surface area contributed by atoms with E-state index in [0.717, 1.165) is 48.5 Å². The van der Waals surface area contributed by atoms with E-state index in [0.29, 0.717) is 11.3 Å². The summed E-state index contributed by atoms with van der Waals surface area (Å²) < 4.78 is 5.51. The zero-order chi connectivity index (χ0) is 16.4. The number of rotatable bonds is 3. The maximum absolute atomic E-state index is 9.47. The van der Waals surface area contributed by atoms with Gasteiger partial charge in [0.1, 0.15) is 11.8 Å². The molecule has 0 amide bonds. The van der Waals surface area contributed by atoms with E-state index in [9.17, 15) is 5.26 Å². The molecule has 3 rings (SSSR count). The van der Waals surface area contributed by atoms with Gasteiger partial charge in [-0.2, -0.15) is 5.26 Å². The van der Waals surface area contributed by atoms with E-state index in [-0.39, 0.29) is 0 Å². The Kier molecular flexibility index (Phi) is 4.22. The lowest BCUT2D eigenvalue weighted by molar-refractivity contribution is 0.269. The summed E-state index contributed by atoms with van der Waals surface area (Å²) in [6, 6.07) is 12.1. The van der Waals surface area contributed by atoms with E-state index < -0.39 is 0 Å². The number of methoxy groups -OCH3 is 1. The van der Waals surface area contributed by atoms with Gasteiger partial charge in [-0.25, -0.2) is 0 Å². The molecule has 1 aliphatic rings. The van der Waals surface area contributed by atoms with Gasteiger partial charge < -0.3 is 10.5 Å². The van der Waals surface area contributed by atoms with Crippen molar-refractivity contribution < 1.29 is 4.74 Å². The topological polar surface area (TPSA) is 62.3 Å². The minimum Gasteiger partial charge on any atom is -0.496 e. The van der Waals surface area contributed by atoms with Crippen LogP contribution in [0.25, 0.3) is 11.1 Å². The van der Waals surface area contributed by atoms with Crippen molar-refractivity contribution in [1.82, 2.24) is 4.90 Å². The average Bonchev–Trinajstić information content (AvgIpc) is 2.62. The predicted octanol–water partition coefficient (Wildman–Crippen LogP) is 3.19. The summed E-state index contributed by atoms with van der Waals surface area (Å²) in [5.41, 5.74) is 11.9. The number of para-hydroxylation sites is 1. The van der Waals surface area contributed by atoms with E-state index in [2.05, 4.69) is 17.9 Å². The number of benzene rings is 2. The fraction of sp³-hybridized carbons (Fsp3) is 0.316. The second-order valence-corrected chi connectivity index (χ2v) is 5.77. The minimum atomic E-state index is 0.544. The molecule has 118 valence electrons. The smallest absolute Gasteiger partial charge is 0.126 e. The lowest BCUT2D eigenvalue weighted by atomic mass is 9.87. The molecule has 23 heavy (non-hydrogen) atoms. The predicted molar refractivity (Wildman–Crippen MR) is 92.2 cm³/mol. The van der Waals surface area contributed by atoms with Crippen molar-refractivity contribution >= 4 is 5.69 Å². The highest BCUT2D eigenvalue weighted by molar-refractivity contribution is 5.80. The molecule has 0 aliphatic carbocycles. The molecule has 0 radical (unpaired) electrons. The Balaban J connectivity index is 2.24. The molecule has 0 saturated heterocycles. The zero-order valence-corrected chi connectivity index (χ0v) is 13.6. The third-order valence-corrected chi connectivity index (χ3v) is 4.62. The van der Waals surface area contributed by atoms with E-state index in [1.807, 2.05) is 30.3 Å². The minimum absolute atomic E-state index is 0.544. The van der Waals surface area contributed by atoms with Gasteiger partial charge in [-0.05, 0) is 41.8 Å². The quantitative estimate of drug-likeness (QED) is 0.885. The number of nitrogens with zero attached hydrogens (tertiary/aromatic N) is 2. The van der Waals surface area contributed by atoms with E-state index in [1.165, 1.54) is 5.56 Å². The van der Waals surface area contributed by atoms with Crippen LogP contribution in [0, 0.1) is 11.3 Å². The van der Waals surface area contributed by atoms with Gasteiger partial charge in [-0.3, -0.25) is 4.90 Å². The van der Waals surface area contributed by atoms with Gasteiger partial charge in [-0.15, -0.1) is 0 Å². The number of anilines is 1. The highest BCUT2D eigenvalue weighted by atomic mass is 16.5. The summed E-state index contributed by atoms with van der Waals surface area (Å²) in [6.45, 7) is 4.95. The van der Waals surface area contributed by atoms with Gasteiger partial charge >= 0.3 is 0 Å². The first-order chi connectivity index (χ1) is 11.2. The third kappa shape index (κ3) is 2.64. The number of hydrogen-bond acceptors (Lipinski definition) is 4. The van der Waals surface area contributed by atoms with Gasteiger partial charge in [0.25, 0.3) is 0 Å². The Hall–Kier alpha value is -2.51.